The molecule has 1 N–H and O–H groups in total. The van der Waals surface area contributed by atoms with Gasteiger partial charge in [-0.15, -0.1) is 11.3 Å². The lowest BCUT2D eigenvalue weighted by Gasteiger charge is -2.04. The van der Waals surface area contributed by atoms with Crippen molar-refractivity contribution in [1.29, 1.82) is 0 Å². The third kappa shape index (κ3) is 3.54. The predicted molar refractivity (Wildman–Crippen MR) is 105 cm³/mol. The van der Waals surface area contributed by atoms with Crippen LogP contribution in [0, 0.1) is 5.82 Å². The Balaban J connectivity index is 1.55. The van der Waals surface area contributed by atoms with Gasteiger partial charge in [-0.05, 0) is 36.4 Å². The molecule has 1 amide bonds. The fourth-order valence-electron chi connectivity index (χ4n) is 2.65. The second-order valence-electron chi connectivity index (χ2n) is 5.75. The lowest BCUT2D eigenvalue weighted by atomic mass is 10.2. The number of carbonyl (C=O) groups is 1. The van der Waals surface area contributed by atoms with Gasteiger partial charge in [-0.3, -0.25) is 9.20 Å². The van der Waals surface area contributed by atoms with Gasteiger partial charge >= 0.3 is 0 Å². The Labute approximate surface area is 161 Å². The Hall–Kier alpha value is -2.51. The average molecular weight is 430 g/mol. The Morgan fingerprint density at radius 3 is 2.81 bits per heavy atom. The summed E-state index contributed by atoms with van der Waals surface area (Å²) in [6.07, 6.45) is 2.15. The smallest absolute Gasteiger partial charge is 0.230 e. The van der Waals surface area contributed by atoms with Gasteiger partial charge in [-0.1, -0.05) is 28.1 Å². The zero-order valence-corrected chi connectivity index (χ0v) is 15.8. The molecule has 0 aliphatic carbocycles. The molecule has 0 radical (unpaired) electrons. The number of hydrogen-bond acceptors (Lipinski definition) is 3. The van der Waals surface area contributed by atoms with E-state index >= 15 is 0 Å². The summed E-state index contributed by atoms with van der Waals surface area (Å²) < 4.78 is 15.9. The van der Waals surface area contributed by atoms with Crippen molar-refractivity contribution in [1.82, 2.24) is 9.38 Å². The predicted octanol–water partition coefficient (Wildman–Crippen LogP) is 5.15. The van der Waals surface area contributed by atoms with Crippen LogP contribution in [0.15, 0.2) is 64.6 Å². The first-order valence-corrected chi connectivity index (χ1v) is 9.52. The fourth-order valence-corrected chi connectivity index (χ4v) is 3.92. The summed E-state index contributed by atoms with van der Waals surface area (Å²) in [6.45, 7) is 0. The summed E-state index contributed by atoms with van der Waals surface area (Å²) in [5, 5.41) is 4.70. The van der Waals surface area contributed by atoms with Crippen LogP contribution >= 0.6 is 27.3 Å². The van der Waals surface area contributed by atoms with Crippen LogP contribution in [-0.4, -0.2) is 15.3 Å². The molecule has 7 heteroatoms. The first kappa shape index (κ1) is 16.9. The lowest BCUT2D eigenvalue weighted by Crippen LogP contribution is -2.15. The SMILES string of the molecule is O=C(Cc1csc2nc(-c3cccc(Br)c3)cn12)Nc1ccc(F)cc1. The molecular formula is C19H13BrFN3OS. The van der Waals surface area contributed by atoms with Gasteiger partial charge in [0, 0.05) is 33.0 Å². The molecule has 4 aromatic rings. The molecular weight excluding hydrogens is 417 g/mol. The molecule has 0 unspecified atom stereocenters. The van der Waals surface area contributed by atoms with Crippen LogP contribution in [0.3, 0.4) is 0 Å². The van der Waals surface area contributed by atoms with E-state index in [1.807, 2.05) is 40.2 Å². The molecule has 0 fully saturated rings. The van der Waals surface area contributed by atoms with Gasteiger partial charge in [-0.2, -0.15) is 0 Å². The number of aromatic nitrogens is 2. The summed E-state index contributed by atoms with van der Waals surface area (Å²) >= 11 is 4.96. The van der Waals surface area contributed by atoms with E-state index < -0.39 is 0 Å². The molecule has 0 atom stereocenters. The second kappa shape index (κ2) is 7.01. The van der Waals surface area contributed by atoms with Crippen LogP contribution in [0.4, 0.5) is 10.1 Å². The number of fused-ring (bicyclic) bond motifs is 1. The fraction of sp³-hybridized carbons (Fsp3) is 0.0526. The Morgan fingerprint density at radius 1 is 1.23 bits per heavy atom. The van der Waals surface area contributed by atoms with Crippen molar-refractivity contribution >= 4 is 43.8 Å². The van der Waals surface area contributed by atoms with E-state index in [0.29, 0.717) is 5.69 Å². The van der Waals surface area contributed by atoms with E-state index in [4.69, 9.17) is 0 Å². The van der Waals surface area contributed by atoms with E-state index in [1.165, 1.54) is 23.5 Å². The van der Waals surface area contributed by atoms with Crippen LogP contribution in [0.25, 0.3) is 16.2 Å². The lowest BCUT2D eigenvalue weighted by molar-refractivity contribution is -0.115. The minimum Gasteiger partial charge on any atom is -0.326 e. The number of imidazole rings is 1. The Bertz CT molecular complexity index is 1090. The molecule has 0 bridgehead atoms. The molecule has 0 aliphatic rings. The molecule has 2 aromatic carbocycles. The van der Waals surface area contributed by atoms with Crippen molar-refractivity contribution in [2.45, 2.75) is 6.42 Å². The molecule has 4 nitrogen and oxygen atoms in total. The number of benzene rings is 2. The largest absolute Gasteiger partial charge is 0.326 e. The van der Waals surface area contributed by atoms with E-state index in [-0.39, 0.29) is 18.1 Å². The van der Waals surface area contributed by atoms with Crippen LogP contribution in [-0.2, 0) is 11.2 Å². The van der Waals surface area contributed by atoms with E-state index in [2.05, 4.69) is 26.2 Å². The molecule has 0 saturated heterocycles. The maximum atomic E-state index is 12.9. The first-order chi connectivity index (χ1) is 12.6. The van der Waals surface area contributed by atoms with Crippen LogP contribution in [0.1, 0.15) is 5.69 Å². The number of anilines is 1. The average Bonchev–Trinajstić information content (AvgIpc) is 3.19. The first-order valence-electron chi connectivity index (χ1n) is 7.85. The van der Waals surface area contributed by atoms with Crippen molar-refractivity contribution in [3.63, 3.8) is 0 Å². The van der Waals surface area contributed by atoms with Gasteiger partial charge in [0.05, 0.1) is 12.1 Å². The summed E-state index contributed by atoms with van der Waals surface area (Å²) in [5.74, 6) is -0.491. The molecule has 2 heterocycles. The Morgan fingerprint density at radius 2 is 2.04 bits per heavy atom. The zero-order valence-electron chi connectivity index (χ0n) is 13.4. The van der Waals surface area contributed by atoms with Crippen LogP contribution < -0.4 is 5.32 Å². The van der Waals surface area contributed by atoms with Crippen molar-refractivity contribution in [3.8, 4) is 11.3 Å². The molecule has 0 saturated carbocycles. The van der Waals surface area contributed by atoms with E-state index in [0.717, 1.165) is 26.4 Å². The molecule has 4 rings (SSSR count). The maximum Gasteiger partial charge on any atom is 0.230 e. The molecule has 2 aromatic heterocycles. The second-order valence-corrected chi connectivity index (χ2v) is 7.50. The normalized spacial score (nSPS) is 11.0. The molecule has 0 spiro atoms. The highest BCUT2D eigenvalue weighted by molar-refractivity contribution is 9.10. The van der Waals surface area contributed by atoms with Crippen LogP contribution in [0.2, 0.25) is 0 Å². The Kier molecular flexibility index (Phi) is 4.57. The number of halogens is 2. The van der Waals surface area contributed by atoms with Crippen molar-refractivity contribution in [3.05, 3.63) is 76.1 Å². The number of amides is 1. The third-order valence-electron chi connectivity index (χ3n) is 3.87. The number of rotatable bonds is 4. The van der Waals surface area contributed by atoms with Gasteiger partial charge in [0.1, 0.15) is 5.82 Å². The third-order valence-corrected chi connectivity index (χ3v) is 5.26. The van der Waals surface area contributed by atoms with Crippen molar-refractivity contribution < 1.29 is 9.18 Å². The summed E-state index contributed by atoms with van der Waals surface area (Å²) in [4.78, 5) is 17.8. The van der Waals surface area contributed by atoms with E-state index in [1.54, 1.807) is 12.1 Å². The highest BCUT2D eigenvalue weighted by Gasteiger charge is 2.13. The molecule has 0 aliphatic heterocycles. The van der Waals surface area contributed by atoms with Gasteiger partial charge in [0.15, 0.2) is 4.96 Å². The topological polar surface area (TPSA) is 46.4 Å². The van der Waals surface area contributed by atoms with E-state index in [9.17, 15) is 9.18 Å². The summed E-state index contributed by atoms with van der Waals surface area (Å²) in [6, 6.07) is 13.7. The highest BCUT2D eigenvalue weighted by atomic mass is 79.9. The number of nitrogens with zero attached hydrogens (tertiary/aromatic N) is 2. The van der Waals surface area contributed by atoms with Crippen molar-refractivity contribution in [2.24, 2.45) is 0 Å². The number of carbonyl (C=O) groups excluding carboxylic acids is 1. The molecule has 26 heavy (non-hydrogen) atoms. The molecule has 130 valence electrons. The number of thiazole rings is 1. The zero-order chi connectivity index (χ0) is 18.1. The van der Waals surface area contributed by atoms with Gasteiger partial charge in [0.25, 0.3) is 0 Å². The van der Waals surface area contributed by atoms with Crippen molar-refractivity contribution in [2.75, 3.05) is 5.32 Å². The minimum absolute atomic E-state index is 0.158. The van der Waals surface area contributed by atoms with Crippen LogP contribution in [0.5, 0.6) is 0 Å². The van der Waals surface area contributed by atoms with Gasteiger partial charge in [0.2, 0.25) is 5.91 Å². The summed E-state index contributed by atoms with van der Waals surface area (Å²) in [7, 11) is 0. The van der Waals surface area contributed by atoms with Gasteiger partial charge < -0.3 is 5.32 Å². The standard InChI is InChI=1S/C19H13BrFN3OS/c20-13-3-1-2-12(8-13)17-10-24-16(11-26-19(24)23-17)9-18(25)22-15-6-4-14(21)5-7-15/h1-8,10-11H,9H2,(H,22,25). The minimum atomic E-state index is -0.332. The summed E-state index contributed by atoms with van der Waals surface area (Å²) in [5.41, 5.74) is 3.30. The van der Waals surface area contributed by atoms with Gasteiger partial charge in [-0.25, -0.2) is 9.37 Å². The monoisotopic (exact) mass is 429 g/mol. The number of hydrogen-bond donors (Lipinski definition) is 1. The number of nitrogens with one attached hydrogen (secondary N) is 1. The quantitative estimate of drug-likeness (QED) is 0.487. The highest BCUT2D eigenvalue weighted by Crippen LogP contribution is 2.26. The maximum absolute atomic E-state index is 12.9.